The number of carboxylic acid groups (broad SMARTS) is 1. The van der Waals surface area contributed by atoms with Crippen LogP contribution in [0, 0.1) is 0 Å². The summed E-state index contributed by atoms with van der Waals surface area (Å²) in [6, 6.07) is 8.22. The first-order valence-electron chi connectivity index (χ1n) is 5.81. The lowest BCUT2D eigenvalue weighted by molar-refractivity contribution is 0.0697. The number of benzene rings is 1. The zero-order chi connectivity index (χ0) is 14.1. The lowest BCUT2D eigenvalue weighted by Crippen LogP contribution is -1.99. The van der Waals surface area contributed by atoms with Gasteiger partial charge in [-0.25, -0.2) is 4.79 Å². The number of hydrogen-bond donors (Lipinski definition) is 1. The van der Waals surface area contributed by atoms with Gasteiger partial charge in [-0.3, -0.25) is 4.68 Å². The minimum Gasteiger partial charge on any atom is -0.478 e. The van der Waals surface area contributed by atoms with Gasteiger partial charge in [0.25, 0.3) is 5.89 Å². The number of rotatable bonds is 3. The molecule has 0 aliphatic rings. The molecule has 0 fully saturated rings. The highest BCUT2D eigenvalue weighted by molar-refractivity contribution is 5.94. The van der Waals surface area contributed by atoms with E-state index in [2.05, 4.69) is 15.2 Å². The lowest BCUT2D eigenvalue weighted by Gasteiger charge is -1.99. The van der Waals surface area contributed by atoms with Crippen molar-refractivity contribution in [3.8, 4) is 23.0 Å². The minimum absolute atomic E-state index is 0.115. The Morgan fingerprint density at radius 3 is 2.80 bits per heavy atom. The lowest BCUT2D eigenvalue weighted by atomic mass is 10.1. The third kappa shape index (κ3) is 2.05. The van der Waals surface area contributed by atoms with Gasteiger partial charge in [0.1, 0.15) is 5.69 Å². The third-order valence-corrected chi connectivity index (χ3v) is 2.76. The molecule has 2 aromatic heterocycles. The smallest absolute Gasteiger partial charge is 0.336 e. The second-order valence-corrected chi connectivity index (χ2v) is 4.15. The topological polar surface area (TPSA) is 94.0 Å². The molecule has 0 radical (unpaired) electrons. The van der Waals surface area contributed by atoms with Crippen molar-refractivity contribution in [1.29, 1.82) is 0 Å². The van der Waals surface area contributed by atoms with Gasteiger partial charge in [0.2, 0.25) is 5.82 Å². The van der Waals surface area contributed by atoms with E-state index in [9.17, 15) is 4.79 Å². The van der Waals surface area contributed by atoms with Crippen LogP contribution in [0.15, 0.2) is 41.1 Å². The van der Waals surface area contributed by atoms with Gasteiger partial charge in [-0.15, -0.1) is 0 Å². The quantitative estimate of drug-likeness (QED) is 0.780. The van der Waals surface area contributed by atoms with E-state index >= 15 is 0 Å². The molecule has 3 rings (SSSR count). The van der Waals surface area contributed by atoms with Gasteiger partial charge in [0, 0.05) is 13.2 Å². The zero-order valence-electron chi connectivity index (χ0n) is 10.5. The Balaban J connectivity index is 2.05. The first kappa shape index (κ1) is 12.1. The number of aromatic carboxylic acids is 1. The first-order chi connectivity index (χ1) is 9.65. The minimum atomic E-state index is -1.04. The van der Waals surface area contributed by atoms with Crippen LogP contribution in [0.3, 0.4) is 0 Å². The summed E-state index contributed by atoms with van der Waals surface area (Å²) in [5.74, 6) is -0.567. The van der Waals surface area contributed by atoms with E-state index in [1.807, 2.05) is 0 Å². The molecule has 100 valence electrons. The molecule has 3 aromatic rings. The van der Waals surface area contributed by atoms with Gasteiger partial charge >= 0.3 is 5.97 Å². The number of carboxylic acids is 1. The fourth-order valence-electron chi connectivity index (χ4n) is 1.83. The summed E-state index contributed by atoms with van der Waals surface area (Å²) in [5, 5.41) is 17.1. The number of hydrogen-bond acceptors (Lipinski definition) is 5. The number of carbonyl (C=O) groups is 1. The highest BCUT2D eigenvalue weighted by Crippen LogP contribution is 2.24. The molecule has 20 heavy (non-hydrogen) atoms. The molecule has 0 amide bonds. The summed E-state index contributed by atoms with van der Waals surface area (Å²) in [7, 11) is 1.78. The Morgan fingerprint density at radius 2 is 2.10 bits per heavy atom. The van der Waals surface area contributed by atoms with Crippen LogP contribution >= 0.6 is 0 Å². The largest absolute Gasteiger partial charge is 0.478 e. The molecule has 0 unspecified atom stereocenters. The van der Waals surface area contributed by atoms with Crippen LogP contribution in [-0.4, -0.2) is 31.0 Å². The average Bonchev–Trinajstić information content (AvgIpc) is 3.07. The summed E-state index contributed by atoms with van der Waals surface area (Å²) in [6.45, 7) is 0. The fraction of sp³-hybridized carbons (Fsp3) is 0.0769. The van der Waals surface area contributed by atoms with Crippen LogP contribution in [0.5, 0.6) is 0 Å². The number of aryl methyl sites for hydroxylation is 1. The predicted molar refractivity (Wildman–Crippen MR) is 68.9 cm³/mol. The standard InChI is InChI=1S/C13H10N4O3/c1-17-7-6-10(15-17)11-14-12(20-16-11)8-4-2-3-5-9(8)13(18)19/h2-7H,1H3,(H,18,19). The van der Waals surface area contributed by atoms with E-state index < -0.39 is 5.97 Å². The molecule has 0 saturated heterocycles. The molecule has 2 heterocycles. The Morgan fingerprint density at radius 1 is 1.30 bits per heavy atom. The Hall–Kier alpha value is -2.96. The van der Waals surface area contributed by atoms with Crippen molar-refractivity contribution in [3.05, 3.63) is 42.1 Å². The molecule has 7 nitrogen and oxygen atoms in total. The molecule has 0 bridgehead atoms. The van der Waals surface area contributed by atoms with E-state index in [1.165, 1.54) is 6.07 Å². The second kappa shape index (κ2) is 4.61. The highest BCUT2D eigenvalue weighted by atomic mass is 16.5. The zero-order valence-corrected chi connectivity index (χ0v) is 10.5. The molecule has 0 aliphatic heterocycles. The van der Waals surface area contributed by atoms with Crippen molar-refractivity contribution in [2.75, 3.05) is 0 Å². The summed E-state index contributed by atoms with van der Waals surface area (Å²) in [6.07, 6.45) is 1.76. The normalized spacial score (nSPS) is 10.7. The molecule has 0 saturated carbocycles. The first-order valence-corrected chi connectivity index (χ1v) is 5.81. The molecule has 0 aliphatic carbocycles. The summed E-state index contributed by atoms with van der Waals surface area (Å²) < 4.78 is 6.75. The van der Waals surface area contributed by atoms with Crippen LogP contribution in [0.4, 0.5) is 0 Å². The van der Waals surface area contributed by atoms with Crippen molar-refractivity contribution >= 4 is 5.97 Å². The van der Waals surface area contributed by atoms with E-state index in [0.29, 0.717) is 17.1 Å². The Labute approximate surface area is 113 Å². The van der Waals surface area contributed by atoms with E-state index in [-0.39, 0.29) is 11.5 Å². The van der Waals surface area contributed by atoms with Gasteiger partial charge in [-0.05, 0) is 18.2 Å². The van der Waals surface area contributed by atoms with Crippen molar-refractivity contribution in [2.45, 2.75) is 0 Å². The van der Waals surface area contributed by atoms with Crippen LogP contribution in [0.25, 0.3) is 23.0 Å². The molecule has 7 heteroatoms. The van der Waals surface area contributed by atoms with Gasteiger partial charge in [0.05, 0.1) is 11.1 Å². The summed E-state index contributed by atoms with van der Waals surface area (Å²) in [5.41, 5.74) is 1.06. The van der Waals surface area contributed by atoms with Gasteiger partial charge in [-0.2, -0.15) is 10.1 Å². The second-order valence-electron chi connectivity index (χ2n) is 4.15. The summed E-state index contributed by atoms with van der Waals surface area (Å²) >= 11 is 0. The maximum Gasteiger partial charge on any atom is 0.336 e. The molecular formula is C13H10N4O3. The monoisotopic (exact) mass is 270 g/mol. The molecular weight excluding hydrogens is 260 g/mol. The van der Waals surface area contributed by atoms with Crippen molar-refractivity contribution in [3.63, 3.8) is 0 Å². The van der Waals surface area contributed by atoms with Crippen molar-refractivity contribution in [1.82, 2.24) is 19.9 Å². The van der Waals surface area contributed by atoms with Crippen LogP contribution < -0.4 is 0 Å². The average molecular weight is 270 g/mol. The summed E-state index contributed by atoms with van der Waals surface area (Å²) in [4.78, 5) is 15.4. The SMILES string of the molecule is Cn1ccc(-c2noc(-c3ccccc3C(=O)O)n2)n1. The number of nitrogens with zero attached hydrogens (tertiary/aromatic N) is 4. The van der Waals surface area contributed by atoms with Crippen LogP contribution in [-0.2, 0) is 7.05 Å². The maximum atomic E-state index is 11.2. The molecule has 0 spiro atoms. The van der Waals surface area contributed by atoms with Crippen LogP contribution in [0.2, 0.25) is 0 Å². The Kier molecular flexibility index (Phi) is 2.79. The van der Waals surface area contributed by atoms with E-state index in [4.69, 9.17) is 9.63 Å². The van der Waals surface area contributed by atoms with E-state index in [0.717, 1.165) is 0 Å². The molecule has 1 N–H and O–H groups in total. The predicted octanol–water partition coefficient (Wildman–Crippen LogP) is 1.84. The third-order valence-electron chi connectivity index (χ3n) is 2.76. The van der Waals surface area contributed by atoms with Crippen molar-refractivity contribution in [2.24, 2.45) is 7.05 Å². The number of aromatic nitrogens is 4. The van der Waals surface area contributed by atoms with Gasteiger partial charge in [-0.1, -0.05) is 17.3 Å². The Bertz CT molecular complexity index is 775. The fourth-order valence-corrected chi connectivity index (χ4v) is 1.83. The van der Waals surface area contributed by atoms with Gasteiger partial charge in [0.15, 0.2) is 0 Å². The van der Waals surface area contributed by atoms with Crippen LogP contribution in [0.1, 0.15) is 10.4 Å². The highest BCUT2D eigenvalue weighted by Gasteiger charge is 2.18. The van der Waals surface area contributed by atoms with Crippen molar-refractivity contribution < 1.29 is 14.4 Å². The molecule has 1 aromatic carbocycles. The maximum absolute atomic E-state index is 11.2. The molecule has 0 atom stereocenters. The van der Waals surface area contributed by atoms with Gasteiger partial charge < -0.3 is 9.63 Å². The van der Waals surface area contributed by atoms with E-state index in [1.54, 1.807) is 42.2 Å².